The molecule has 2 aliphatic heterocycles. The minimum absolute atomic E-state index is 0.0655. The number of nitrogens with zero attached hydrogens (tertiary/aromatic N) is 5. The molecular weight excluding hydrogens is 541 g/mol. The third kappa shape index (κ3) is 6.23. The molecule has 2 aromatic carbocycles. The van der Waals surface area contributed by atoms with E-state index in [0.29, 0.717) is 30.6 Å². The first-order valence-corrected chi connectivity index (χ1v) is 13.8. The van der Waals surface area contributed by atoms with Crippen molar-refractivity contribution in [2.75, 3.05) is 56.0 Å². The number of fused-ring (bicyclic) bond motifs is 1. The first-order valence-electron chi connectivity index (χ1n) is 13.5. The lowest BCUT2D eigenvalue weighted by atomic mass is 10.0. The predicted octanol–water partition coefficient (Wildman–Crippen LogP) is 6.38. The molecule has 2 aliphatic rings. The lowest BCUT2D eigenvalue weighted by molar-refractivity contribution is -0.138. The highest BCUT2D eigenvalue weighted by Crippen LogP contribution is 2.37. The molecule has 1 fully saturated rings. The van der Waals surface area contributed by atoms with Gasteiger partial charge in [0.25, 0.3) is 0 Å². The van der Waals surface area contributed by atoms with Gasteiger partial charge in [-0.1, -0.05) is 11.6 Å². The van der Waals surface area contributed by atoms with E-state index in [-0.39, 0.29) is 17.1 Å². The summed E-state index contributed by atoms with van der Waals surface area (Å²) in [5.41, 5.74) is 2.81. The van der Waals surface area contributed by atoms with Crippen LogP contribution in [0.1, 0.15) is 36.1 Å². The molecule has 0 amide bonds. The summed E-state index contributed by atoms with van der Waals surface area (Å²) in [5, 5.41) is 12.3. The maximum atomic E-state index is 13.7. The number of anilines is 4. The molecule has 0 saturated carbocycles. The zero-order chi connectivity index (χ0) is 28.4. The third-order valence-electron chi connectivity index (χ3n) is 7.77. The molecular formula is C29H34ClF3N6O. The topological polar surface area (TPSA) is 56.8 Å². The molecule has 0 bridgehead atoms. The quantitative estimate of drug-likeness (QED) is 0.351. The number of hydrogen-bond donors (Lipinski definition) is 1. The Labute approximate surface area is 237 Å². The van der Waals surface area contributed by atoms with Crippen molar-refractivity contribution in [2.45, 2.75) is 44.4 Å². The van der Waals surface area contributed by atoms with Crippen molar-refractivity contribution in [3.8, 4) is 5.75 Å². The summed E-state index contributed by atoms with van der Waals surface area (Å²) in [4.78, 5) is 6.57. The molecule has 214 valence electrons. The largest absolute Gasteiger partial charge is 0.494 e. The maximum absolute atomic E-state index is 13.7. The van der Waals surface area contributed by atoms with Gasteiger partial charge in [0.1, 0.15) is 5.75 Å². The number of hydrogen-bond acceptors (Lipinski definition) is 7. The molecule has 0 atom stereocenters. The first-order chi connectivity index (χ1) is 19.1. The second-order valence-electron chi connectivity index (χ2n) is 10.6. The van der Waals surface area contributed by atoms with E-state index in [1.807, 2.05) is 23.1 Å². The highest BCUT2D eigenvalue weighted by molar-refractivity contribution is 6.30. The summed E-state index contributed by atoms with van der Waals surface area (Å²) >= 11 is 6.07. The van der Waals surface area contributed by atoms with Crippen LogP contribution in [0.25, 0.3) is 0 Å². The molecule has 7 nitrogen and oxygen atoms in total. The predicted molar refractivity (Wildman–Crippen MR) is 153 cm³/mol. The highest BCUT2D eigenvalue weighted by Gasteiger charge is 2.34. The molecule has 1 aromatic heterocycles. The Morgan fingerprint density at radius 3 is 2.52 bits per heavy atom. The number of aryl methyl sites for hydroxylation is 1. The van der Waals surface area contributed by atoms with Crippen LogP contribution in [0.3, 0.4) is 0 Å². The summed E-state index contributed by atoms with van der Waals surface area (Å²) in [6.45, 7) is 2.63. The van der Waals surface area contributed by atoms with Crippen LogP contribution in [0.5, 0.6) is 5.75 Å². The average molecular weight is 575 g/mol. The summed E-state index contributed by atoms with van der Waals surface area (Å²) in [5.74, 6) is 1.17. The number of nitrogens with one attached hydrogen (secondary N) is 1. The molecule has 3 heterocycles. The van der Waals surface area contributed by atoms with Gasteiger partial charge < -0.3 is 24.8 Å². The maximum Gasteiger partial charge on any atom is 0.416 e. The number of piperidine rings is 1. The number of alkyl halides is 3. The van der Waals surface area contributed by atoms with Crippen LogP contribution in [0, 0.1) is 0 Å². The van der Waals surface area contributed by atoms with E-state index in [2.05, 4.69) is 45.5 Å². The average Bonchev–Trinajstić information content (AvgIpc) is 2.93. The van der Waals surface area contributed by atoms with Crippen LogP contribution in [-0.2, 0) is 19.1 Å². The summed E-state index contributed by atoms with van der Waals surface area (Å²) in [6.07, 6.45) is -0.764. The van der Waals surface area contributed by atoms with Crippen LogP contribution >= 0.6 is 11.6 Å². The number of rotatable bonds is 7. The molecule has 1 saturated heterocycles. The van der Waals surface area contributed by atoms with E-state index < -0.39 is 11.7 Å². The van der Waals surface area contributed by atoms with E-state index in [9.17, 15) is 13.2 Å². The van der Waals surface area contributed by atoms with Gasteiger partial charge in [-0.25, -0.2) is 0 Å². The van der Waals surface area contributed by atoms with Crippen LogP contribution in [0.15, 0.2) is 42.5 Å². The lowest BCUT2D eigenvalue weighted by Gasteiger charge is -2.36. The second-order valence-corrected chi connectivity index (χ2v) is 11.0. The monoisotopic (exact) mass is 574 g/mol. The van der Waals surface area contributed by atoms with Gasteiger partial charge in [0, 0.05) is 55.1 Å². The molecule has 0 unspecified atom stereocenters. The Morgan fingerprint density at radius 1 is 1.05 bits per heavy atom. The molecule has 5 rings (SSSR count). The van der Waals surface area contributed by atoms with Gasteiger partial charge in [-0.15, -0.1) is 5.10 Å². The molecule has 0 radical (unpaired) electrons. The van der Waals surface area contributed by atoms with Gasteiger partial charge in [-0.05, 0) is 75.7 Å². The zero-order valence-corrected chi connectivity index (χ0v) is 23.7. The van der Waals surface area contributed by atoms with E-state index in [4.69, 9.17) is 16.3 Å². The summed E-state index contributed by atoms with van der Waals surface area (Å²) in [6, 6.07) is 12.2. The molecule has 11 heteroatoms. The number of ether oxygens (including phenoxy) is 1. The fraction of sp³-hybridized carbons (Fsp3) is 0.448. The lowest BCUT2D eigenvalue weighted by Crippen LogP contribution is -2.41. The fourth-order valence-corrected chi connectivity index (χ4v) is 5.77. The Kier molecular flexibility index (Phi) is 8.28. The second kappa shape index (κ2) is 11.7. The standard InChI is InChI=1S/C29H34ClF3N6O/c1-37(2)21-10-13-38(14-11-21)22-7-9-25(27(16-22)40-3)34-28-17-26-24(35-36-28)5-4-12-39(26)18-19-15-20(30)6-8-23(19)29(31,32)33/h6-9,15-17,21H,4-5,10-14,18H2,1-3H3,(H,34,36). The third-order valence-corrected chi connectivity index (χ3v) is 8.01. The van der Waals surface area contributed by atoms with Crippen molar-refractivity contribution in [1.29, 1.82) is 0 Å². The number of methoxy groups -OCH3 is 1. The van der Waals surface area contributed by atoms with Gasteiger partial charge in [-0.2, -0.15) is 18.3 Å². The molecule has 3 aromatic rings. The van der Waals surface area contributed by atoms with Crippen molar-refractivity contribution in [3.63, 3.8) is 0 Å². The summed E-state index contributed by atoms with van der Waals surface area (Å²) < 4.78 is 46.8. The van der Waals surface area contributed by atoms with Gasteiger partial charge in [-0.3, -0.25) is 0 Å². The van der Waals surface area contributed by atoms with Crippen molar-refractivity contribution >= 4 is 34.5 Å². The fourth-order valence-electron chi connectivity index (χ4n) is 5.58. The number of aromatic nitrogens is 2. The van der Waals surface area contributed by atoms with Crippen molar-refractivity contribution < 1.29 is 17.9 Å². The van der Waals surface area contributed by atoms with Crippen LogP contribution in [0.4, 0.5) is 36.1 Å². The van der Waals surface area contributed by atoms with E-state index in [1.165, 1.54) is 12.1 Å². The molecule has 0 spiro atoms. The number of benzene rings is 2. The zero-order valence-electron chi connectivity index (χ0n) is 22.9. The first kappa shape index (κ1) is 28.3. The Balaban J connectivity index is 1.36. The van der Waals surface area contributed by atoms with Crippen molar-refractivity contribution in [3.05, 3.63) is 64.3 Å². The van der Waals surface area contributed by atoms with E-state index in [1.54, 1.807) is 7.11 Å². The summed E-state index contributed by atoms with van der Waals surface area (Å²) in [7, 11) is 5.89. The van der Waals surface area contributed by atoms with Crippen LogP contribution in [-0.4, -0.2) is 62.0 Å². The van der Waals surface area contributed by atoms with Gasteiger partial charge >= 0.3 is 6.18 Å². The Hall–Kier alpha value is -3.24. The minimum atomic E-state index is -4.47. The Morgan fingerprint density at radius 2 is 1.82 bits per heavy atom. The van der Waals surface area contributed by atoms with Crippen molar-refractivity contribution in [1.82, 2.24) is 15.1 Å². The Bertz CT molecular complexity index is 1340. The van der Waals surface area contributed by atoms with Crippen LogP contribution in [0.2, 0.25) is 5.02 Å². The van der Waals surface area contributed by atoms with Gasteiger partial charge in [0.2, 0.25) is 0 Å². The highest BCUT2D eigenvalue weighted by atomic mass is 35.5. The smallest absolute Gasteiger partial charge is 0.416 e. The van der Waals surface area contributed by atoms with E-state index in [0.717, 1.165) is 61.2 Å². The SMILES string of the molecule is COc1cc(N2CCC(N(C)C)CC2)ccc1Nc1cc2c(nn1)CCCN2Cc1cc(Cl)ccc1C(F)(F)F. The molecule has 0 aliphatic carbocycles. The van der Waals surface area contributed by atoms with Gasteiger partial charge in [0.15, 0.2) is 5.82 Å². The normalized spacial score (nSPS) is 16.3. The molecule has 1 N–H and O–H groups in total. The van der Waals surface area contributed by atoms with Crippen LogP contribution < -0.4 is 19.9 Å². The minimum Gasteiger partial charge on any atom is -0.494 e. The number of halogens is 4. The van der Waals surface area contributed by atoms with Crippen molar-refractivity contribution in [2.24, 2.45) is 0 Å². The van der Waals surface area contributed by atoms with Gasteiger partial charge in [0.05, 0.1) is 29.7 Å². The molecule has 40 heavy (non-hydrogen) atoms. The van der Waals surface area contributed by atoms with E-state index >= 15 is 0 Å².